The molecular weight excluding hydrogens is 801 g/mol. The van der Waals surface area contributed by atoms with E-state index in [1.54, 1.807) is 12.2 Å². The van der Waals surface area contributed by atoms with Crippen LogP contribution in [0, 0.1) is 28.6 Å². The normalized spacial score (nSPS) is 28.0. The number of benzene rings is 2. The van der Waals surface area contributed by atoms with Gasteiger partial charge >= 0.3 is 0 Å². The molecule has 2 aromatic rings. The number of aliphatic hydroxyl groups is 2. The van der Waals surface area contributed by atoms with Crippen molar-refractivity contribution in [2.45, 2.75) is 184 Å². The van der Waals surface area contributed by atoms with Crippen LogP contribution in [-0.2, 0) is 36.0 Å². The Morgan fingerprint density at radius 3 is 1.54 bits per heavy atom. The van der Waals surface area contributed by atoms with E-state index >= 15 is 0 Å². The lowest BCUT2D eigenvalue weighted by Crippen LogP contribution is -2.60. The van der Waals surface area contributed by atoms with Gasteiger partial charge in [-0.1, -0.05) is 109 Å². The summed E-state index contributed by atoms with van der Waals surface area (Å²) in [6.45, 7) is 33.5. The molecule has 0 saturated heterocycles. The van der Waals surface area contributed by atoms with Gasteiger partial charge in [0.1, 0.15) is 29.5 Å². The van der Waals surface area contributed by atoms with Crippen LogP contribution < -0.4 is 0 Å². The van der Waals surface area contributed by atoms with Crippen molar-refractivity contribution in [2.75, 3.05) is 6.61 Å². The second-order valence-electron chi connectivity index (χ2n) is 23.4. The summed E-state index contributed by atoms with van der Waals surface area (Å²) >= 11 is 3.66. The number of aliphatic hydroxyl groups excluding tert-OH is 1. The Morgan fingerprint density at radius 2 is 1.15 bits per heavy atom. The van der Waals surface area contributed by atoms with Crippen LogP contribution in [-0.4, -0.2) is 54.1 Å². The quantitative estimate of drug-likeness (QED) is 0.165. The molecule has 0 aromatic heterocycles. The Balaban J connectivity index is 0.000000240. The molecule has 0 heterocycles. The van der Waals surface area contributed by atoms with E-state index in [-0.39, 0.29) is 61.5 Å². The van der Waals surface area contributed by atoms with Crippen molar-refractivity contribution in [3.8, 4) is 11.5 Å². The molecule has 336 valence electrons. The maximum absolute atomic E-state index is 13.3. The summed E-state index contributed by atoms with van der Waals surface area (Å²) in [5, 5.41) is 42.7. The van der Waals surface area contributed by atoms with Gasteiger partial charge < -0.3 is 20.4 Å². The summed E-state index contributed by atoms with van der Waals surface area (Å²) in [4.78, 5) is 39.7. The molecule has 2 aromatic carbocycles. The van der Waals surface area contributed by atoms with Gasteiger partial charge in [-0.15, -0.1) is 23.5 Å². The fourth-order valence-electron chi connectivity index (χ4n) is 10.8. The molecular formula is C52H74O7S2. The largest absolute Gasteiger partial charge is 0.507 e. The summed E-state index contributed by atoms with van der Waals surface area (Å²) in [6.07, 6.45) is 7.82. The number of rotatable bonds is 6. The molecule has 3 saturated carbocycles. The van der Waals surface area contributed by atoms with Gasteiger partial charge in [0.25, 0.3) is 0 Å². The molecule has 61 heavy (non-hydrogen) atoms. The molecule has 4 aliphatic carbocycles. The molecule has 0 aliphatic heterocycles. The monoisotopic (exact) mass is 874 g/mol. The summed E-state index contributed by atoms with van der Waals surface area (Å²) in [5.41, 5.74) is 1.47. The first kappa shape index (κ1) is 49.2. The van der Waals surface area contributed by atoms with E-state index in [9.17, 15) is 34.8 Å². The van der Waals surface area contributed by atoms with Crippen LogP contribution >= 0.6 is 23.5 Å². The van der Waals surface area contributed by atoms with Crippen molar-refractivity contribution in [3.63, 3.8) is 0 Å². The van der Waals surface area contributed by atoms with Crippen molar-refractivity contribution in [2.24, 2.45) is 28.6 Å². The first-order valence-electron chi connectivity index (χ1n) is 22.1. The molecule has 7 nitrogen and oxygen atoms in total. The Hall–Kier alpha value is -2.85. The van der Waals surface area contributed by atoms with Gasteiger partial charge in [0, 0.05) is 55.2 Å². The van der Waals surface area contributed by atoms with Gasteiger partial charge in [0.2, 0.25) is 0 Å². The highest BCUT2D eigenvalue weighted by Gasteiger charge is 2.68. The van der Waals surface area contributed by atoms with E-state index in [1.165, 1.54) is 9.79 Å². The fraction of sp³-hybridized carbons (Fsp3) is 0.635. The molecule has 0 spiro atoms. The van der Waals surface area contributed by atoms with Crippen molar-refractivity contribution in [3.05, 3.63) is 70.3 Å². The number of aromatic hydroxyl groups is 2. The summed E-state index contributed by atoms with van der Waals surface area (Å²) in [5.74, 6) is 0.249. The average Bonchev–Trinajstić information content (AvgIpc) is 3.37. The first-order chi connectivity index (χ1) is 27.6. The number of allylic oxidation sites excluding steroid dienone is 4. The fourth-order valence-corrected chi connectivity index (χ4v) is 13.4. The number of phenolic OH excluding ortho intramolecular Hbond substituents is 2. The minimum Gasteiger partial charge on any atom is -0.507 e. The molecule has 4 aliphatic rings. The Bertz CT molecular complexity index is 1980. The molecule has 6 atom stereocenters. The summed E-state index contributed by atoms with van der Waals surface area (Å²) < 4.78 is -0.164. The lowest BCUT2D eigenvalue weighted by atomic mass is 9.46. The van der Waals surface area contributed by atoms with Crippen LogP contribution in [0.2, 0.25) is 0 Å². The van der Waals surface area contributed by atoms with Crippen LogP contribution in [0.4, 0.5) is 0 Å². The molecule has 0 amide bonds. The predicted octanol–water partition coefficient (Wildman–Crippen LogP) is 11.7. The topological polar surface area (TPSA) is 132 Å². The van der Waals surface area contributed by atoms with Gasteiger partial charge in [0.05, 0.1) is 4.08 Å². The van der Waals surface area contributed by atoms with Crippen LogP contribution in [0.3, 0.4) is 0 Å². The molecule has 4 N–H and O–H groups in total. The molecule has 0 radical (unpaired) electrons. The Labute approximate surface area is 375 Å². The molecule has 0 unspecified atom stereocenters. The highest BCUT2D eigenvalue weighted by molar-refractivity contribution is 8.18. The van der Waals surface area contributed by atoms with Crippen molar-refractivity contribution < 1.29 is 34.8 Å². The van der Waals surface area contributed by atoms with Gasteiger partial charge in [-0.05, 0) is 109 Å². The first-order valence-corrected chi connectivity index (χ1v) is 23.7. The smallest absolute Gasteiger partial charge is 0.190 e. The highest BCUT2D eigenvalue weighted by atomic mass is 32.2. The summed E-state index contributed by atoms with van der Waals surface area (Å²) in [6, 6.07) is 8.65. The SMILES string of the molecule is CC(C)(Sc1cc(C(C)(C)C)c(O)c(C(C)(C)C)c1)Sc1cc(C(C)(C)C)c(O)c(C(C)(C)C)c1.C[C@]12C=CC(=O)C=C1CC[C@@H]1[C@@H]2C(=O)C[C@@]2(C)[C@H]1CC[C@]2(O)C(=O)CO. The molecule has 3 fully saturated rings. The van der Waals surface area contributed by atoms with Gasteiger partial charge in [-0.25, -0.2) is 0 Å². The second-order valence-corrected chi connectivity index (χ2v) is 27.0. The van der Waals surface area contributed by atoms with Gasteiger partial charge in [-0.3, -0.25) is 14.4 Å². The second kappa shape index (κ2) is 16.3. The molecule has 9 heteroatoms. The van der Waals surface area contributed by atoms with Crippen LogP contribution in [0.25, 0.3) is 0 Å². The zero-order valence-electron chi connectivity index (χ0n) is 39.8. The Morgan fingerprint density at radius 1 is 0.721 bits per heavy atom. The molecule has 0 bridgehead atoms. The number of carbonyl (C=O) groups excluding carboxylic acids is 3. The van der Waals surface area contributed by atoms with Crippen LogP contribution in [0.15, 0.2) is 57.9 Å². The predicted molar refractivity (Wildman–Crippen MR) is 251 cm³/mol. The van der Waals surface area contributed by atoms with Crippen molar-refractivity contribution in [1.29, 1.82) is 0 Å². The number of hydrogen-bond acceptors (Lipinski definition) is 9. The highest BCUT2D eigenvalue weighted by Crippen LogP contribution is 2.66. The third-order valence-electron chi connectivity index (χ3n) is 14.1. The minimum absolute atomic E-state index is 0.0206. The zero-order valence-corrected chi connectivity index (χ0v) is 41.5. The van der Waals surface area contributed by atoms with E-state index in [4.69, 9.17) is 0 Å². The number of phenols is 2. The number of fused-ring (bicyclic) bond motifs is 5. The van der Waals surface area contributed by atoms with Crippen LogP contribution in [0.5, 0.6) is 11.5 Å². The number of Topliss-reactive ketones (excluding diaryl/α,β-unsaturated/α-hetero) is 2. The third kappa shape index (κ3) is 9.38. The van der Waals surface area contributed by atoms with E-state index in [1.807, 2.05) is 43.4 Å². The lowest BCUT2D eigenvalue weighted by Gasteiger charge is -2.56. The minimum atomic E-state index is -1.62. The van der Waals surface area contributed by atoms with Gasteiger partial charge in [-0.2, -0.15) is 0 Å². The van der Waals surface area contributed by atoms with E-state index in [0.29, 0.717) is 24.3 Å². The number of hydrogen-bond donors (Lipinski definition) is 4. The Kier molecular flexibility index (Phi) is 13.1. The maximum Gasteiger partial charge on any atom is 0.190 e. The van der Waals surface area contributed by atoms with Crippen molar-refractivity contribution in [1.82, 2.24) is 0 Å². The number of carbonyl (C=O) groups is 3. The van der Waals surface area contributed by atoms with Crippen LogP contribution in [0.1, 0.15) is 165 Å². The standard InChI is InChI=1S/C31H48O2S2.C21H26O5/c1-27(2,3)21-15-19(16-22(25(21)32)28(4,5)6)34-31(13,14)35-20-17-23(29(7,8)9)26(33)24(18-20)30(10,11)12;1-19-7-5-13(23)9-12(19)3-4-14-15-6-8-21(26,17(25)11-22)20(15,2)10-16(24)18(14)19/h15-18,32-33H,1-14H3;5,7,9,14-15,18,22,26H,3-4,6,8,10-11H2,1-2H3/t;14-,15-,18+,19-,20-,21-/m.0/s1. The van der Waals surface area contributed by atoms with Gasteiger partial charge in [0.15, 0.2) is 11.6 Å². The van der Waals surface area contributed by atoms with Crippen molar-refractivity contribution >= 4 is 40.9 Å². The third-order valence-corrected chi connectivity index (χ3v) is 16.6. The zero-order chi connectivity index (χ0) is 46.3. The number of thioether (sulfide) groups is 2. The lowest BCUT2D eigenvalue weighted by molar-refractivity contribution is -0.168. The average molecular weight is 875 g/mol. The van der Waals surface area contributed by atoms with E-state index < -0.39 is 28.8 Å². The molecule has 6 rings (SSSR count). The number of ketones is 3. The maximum atomic E-state index is 13.3. The summed E-state index contributed by atoms with van der Waals surface area (Å²) in [7, 11) is 0. The van der Waals surface area contributed by atoms with E-state index in [0.717, 1.165) is 40.7 Å². The van der Waals surface area contributed by atoms with E-state index in [2.05, 4.69) is 121 Å².